The predicted octanol–water partition coefficient (Wildman–Crippen LogP) is 4.32. The highest BCUT2D eigenvalue weighted by atomic mass is 35.5. The summed E-state index contributed by atoms with van der Waals surface area (Å²) in [6, 6.07) is 25.4. The molecule has 2 aliphatic heterocycles. The second-order valence-corrected chi connectivity index (χ2v) is 10.8. The number of rotatable bonds is 4. The number of halogens is 1. The number of hydrazone groups is 1. The summed E-state index contributed by atoms with van der Waals surface area (Å²) in [5.41, 5.74) is 5.00. The highest BCUT2D eigenvalue weighted by Gasteiger charge is 2.34. The standard InChI is InChI=1S/C25H23ClN4O2S2/c26-22-12-10-20(11-13-22)24-23(19-7-2-1-3-8-19)17-30(27-24)25(33)28-34(31,32)29-15-14-18-6-4-5-9-21(18)16-29/h1-13,23H,14-17H2,(H,28,33). The van der Waals surface area contributed by atoms with E-state index in [1.165, 1.54) is 9.87 Å². The van der Waals surface area contributed by atoms with Gasteiger partial charge in [0.05, 0.1) is 12.3 Å². The average Bonchev–Trinajstić information content (AvgIpc) is 3.30. The van der Waals surface area contributed by atoms with E-state index in [4.69, 9.17) is 28.9 Å². The summed E-state index contributed by atoms with van der Waals surface area (Å²) in [6.45, 7) is 1.16. The second-order valence-electron chi connectivity index (χ2n) is 8.30. The van der Waals surface area contributed by atoms with Crippen LogP contribution in [0.15, 0.2) is 84.0 Å². The molecule has 3 aromatic rings. The molecular weight excluding hydrogens is 488 g/mol. The van der Waals surface area contributed by atoms with E-state index in [9.17, 15) is 8.42 Å². The Morgan fingerprint density at radius 1 is 0.971 bits per heavy atom. The van der Waals surface area contributed by atoms with Crippen molar-refractivity contribution < 1.29 is 8.42 Å². The Hall–Kier alpha value is -2.78. The van der Waals surface area contributed by atoms with Crippen LogP contribution in [-0.2, 0) is 23.2 Å². The smallest absolute Gasteiger partial charge is 0.245 e. The second kappa shape index (κ2) is 9.46. The lowest BCUT2D eigenvalue weighted by molar-refractivity contribution is 0.386. The van der Waals surface area contributed by atoms with Crippen LogP contribution in [0.2, 0.25) is 5.02 Å². The predicted molar refractivity (Wildman–Crippen MR) is 139 cm³/mol. The number of benzene rings is 3. The zero-order valence-corrected chi connectivity index (χ0v) is 20.7. The van der Waals surface area contributed by atoms with Crippen LogP contribution in [0.5, 0.6) is 0 Å². The summed E-state index contributed by atoms with van der Waals surface area (Å²) in [5.74, 6) is -0.0632. The molecule has 2 heterocycles. The molecule has 9 heteroatoms. The van der Waals surface area contributed by atoms with Crippen LogP contribution in [-0.4, -0.2) is 41.6 Å². The van der Waals surface area contributed by atoms with Crippen molar-refractivity contribution in [3.05, 3.63) is 106 Å². The molecule has 0 radical (unpaired) electrons. The van der Waals surface area contributed by atoms with Gasteiger partial charge >= 0.3 is 10.2 Å². The Balaban J connectivity index is 1.37. The zero-order chi connectivity index (χ0) is 23.7. The molecule has 6 nitrogen and oxygen atoms in total. The van der Waals surface area contributed by atoms with Crippen LogP contribution in [0.25, 0.3) is 0 Å². The Labute approximate surface area is 210 Å². The van der Waals surface area contributed by atoms with Crippen LogP contribution < -0.4 is 4.72 Å². The van der Waals surface area contributed by atoms with Gasteiger partial charge in [0.25, 0.3) is 0 Å². The highest BCUT2D eigenvalue weighted by Crippen LogP contribution is 2.29. The minimum atomic E-state index is -3.82. The first kappa shape index (κ1) is 23.0. The molecular formula is C25H23ClN4O2S2. The third kappa shape index (κ3) is 4.72. The third-order valence-corrected chi connectivity index (χ3v) is 8.28. The molecule has 0 bridgehead atoms. The lowest BCUT2D eigenvalue weighted by Crippen LogP contribution is -2.48. The summed E-state index contributed by atoms with van der Waals surface area (Å²) in [5, 5.41) is 6.99. The average molecular weight is 511 g/mol. The lowest BCUT2D eigenvalue weighted by atomic mass is 9.91. The van der Waals surface area contributed by atoms with Gasteiger partial charge in [-0.05, 0) is 53.0 Å². The van der Waals surface area contributed by atoms with E-state index in [-0.39, 0.29) is 11.0 Å². The summed E-state index contributed by atoms with van der Waals surface area (Å²) in [4.78, 5) is 0. The SMILES string of the molecule is O=S(=O)(NC(=S)N1CC(c2ccccc2)C(c2ccc(Cl)cc2)=N1)N1CCc2ccccc2C1. The molecule has 5 rings (SSSR count). The van der Waals surface area contributed by atoms with Gasteiger partial charge in [-0.2, -0.15) is 17.8 Å². The van der Waals surface area contributed by atoms with Gasteiger partial charge in [0.15, 0.2) is 0 Å². The molecule has 3 aromatic carbocycles. The normalized spacial score (nSPS) is 18.3. The van der Waals surface area contributed by atoms with Crippen molar-refractivity contribution >= 4 is 44.9 Å². The molecule has 174 valence electrons. The summed E-state index contributed by atoms with van der Waals surface area (Å²) in [6.07, 6.45) is 0.669. The quantitative estimate of drug-likeness (QED) is 0.531. The molecule has 0 fully saturated rings. The van der Waals surface area contributed by atoms with Gasteiger partial charge in [-0.1, -0.05) is 78.3 Å². The van der Waals surface area contributed by atoms with Crippen molar-refractivity contribution in [2.45, 2.75) is 18.9 Å². The molecule has 1 atom stereocenters. The summed E-state index contributed by atoms with van der Waals surface area (Å²) < 4.78 is 30.3. The minimum absolute atomic E-state index is 0.0590. The first-order valence-corrected chi connectivity index (χ1v) is 13.2. The molecule has 0 aliphatic carbocycles. The fourth-order valence-electron chi connectivity index (χ4n) is 4.36. The van der Waals surface area contributed by atoms with Gasteiger partial charge in [-0.15, -0.1) is 0 Å². The van der Waals surface area contributed by atoms with Gasteiger partial charge < -0.3 is 0 Å². The Bertz CT molecular complexity index is 1340. The van der Waals surface area contributed by atoms with Crippen molar-refractivity contribution in [3.63, 3.8) is 0 Å². The van der Waals surface area contributed by atoms with E-state index in [0.29, 0.717) is 31.1 Å². The summed E-state index contributed by atoms with van der Waals surface area (Å²) >= 11 is 11.6. The molecule has 2 aliphatic rings. The van der Waals surface area contributed by atoms with E-state index < -0.39 is 10.2 Å². The Morgan fingerprint density at radius 2 is 1.65 bits per heavy atom. The van der Waals surface area contributed by atoms with E-state index >= 15 is 0 Å². The van der Waals surface area contributed by atoms with Crippen LogP contribution in [0.4, 0.5) is 0 Å². The molecule has 34 heavy (non-hydrogen) atoms. The lowest BCUT2D eigenvalue weighted by Gasteiger charge is -2.29. The van der Waals surface area contributed by atoms with E-state index in [0.717, 1.165) is 22.4 Å². The molecule has 0 spiro atoms. The number of thiocarbonyl (C=S) groups is 1. The van der Waals surface area contributed by atoms with Crippen LogP contribution in [0.1, 0.15) is 28.2 Å². The maximum absolute atomic E-state index is 13.1. The van der Waals surface area contributed by atoms with Gasteiger partial charge in [-0.3, -0.25) is 0 Å². The first-order valence-electron chi connectivity index (χ1n) is 11.0. The topological polar surface area (TPSA) is 65.0 Å². The molecule has 0 saturated heterocycles. The number of hydrogen-bond acceptors (Lipinski definition) is 4. The maximum Gasteiger partial charge on any atom is 0.303 e. The zero-order valence-electron chi connectivity index (χ0n) is 18.3. The largest absolute Gasteiger partial charge is 0.303 e. The van der Waals surface area contributed by atoms with Crippen molar-refractivity contribution in [1.29, 1.82) is 0 Å². The summed E-state index contributed by atoms with van der Waals surface area (Å²) in [7, 11) is -3.82. The van der Waals surface area contributed by atoms with Gasteiger partial charge in [0.1, 0.15) is 0 Å². The van der Waals surface area contributed by atoms with Crippen molar-refractivity contribution in [3.8, 4) is 0 Å². The Kier molecular flexibility index (Phi) is 6.40. The molecule has 1 unspecified atom stereocenters. The fourth-order valence-corrected chi connectivity index (χ4v) is 6.01. The molecule has 0 amide bonds. The molecule has 0 saturated carbocycles. The maximum atomic E-state index is 13.1. The van der Waals surface area contributed by atoms with Gasteiger partial charge in [0.2, 0.25) is 5.11 Å². The molecule has 1 N–H and O–H groups in total. The van der Waals surface area contributed by atoms with Crippen LogP contribution in [0.3, 0.4) is 0 Å². The number of nitrogens with one attached hydrogen (secondary N) is 1. The number of hydrogen-bond donors (Lipinski definition) is 1. The number of nitrogens with zero attached hydrogens (tertiary/aromatic N) is 3. The monoisotopic (exact) mass is 510 g/mol. The van der Waals surface area contributed by atoms with Crippen molar-refractivity contribution in [1.82, 2.24) is 14.0 Å². The third-order valence-electron chi connectivity index (χ3n) is 6.14. The highest BCUT2D eigenvalue weighted by molar-refractivity contribution is 7.89. The van der Waals surface area contributed by atoms with E-state index in [1.807, 2.05) is 78.9 Å². The van der Waals surface area contributed by atoms with E-state index in [2.05, 4.69) is 4.72 Å². The minimum Gasteiger partial charge on any atom is -0.245 e. The fraction of sp³-hybridized carbons (Fsp3) is 0.200. The number of fused-ring (bicyclic) bond motifs is 1. The Morgan fingerprint density at radius 3 is 2.38 bits per heavy atom. The first-order chi connectivity index (χ1) is 16.4. The van der Waals surface area contributed by atoms with Crippen LogP contribution in [0, 0.1) is 0 Å². The van der Waals surface area contributed by atoms with E-state index in [1.54, 1.807) is 5.01 Å². The van der Waals surface area contributed by atoms with Gasteiger partial charge in [-0.25, -0.2) is 9.73 Å². The molecule has 0 aromatic heterocycles. The van der Waals surface area contributed by atoms with Gasteiger partial charge in [0, 0.05) is 24.0 Å². The van der Waals surface area contributed by atoms with Crippen molar-refractivity contribution in [2.75, 3.05) is 13.1 Å². The van der Waals surface area contributed by atoms with Crippen molar-refractivity contribution in [2.24, 2.45) is 5.10 Å². The van der Waals surface area contributed by atoms with Crippen LogP contribution >= 0.6 is 23.8 Å².